The first-order valence-electron chi connectivity index (χ1n) is 10.1. The molecule has 0 atom stereocenters. The zero-order valence-electron chi connectivity index (χ0n) is 18.1. The molecular formula is C22H31N3O3S. The van der Waals surface area contributed by atoms with Crippen LogP contribution in [0, 0.1) is 40.5 Å². The van der Waals surface area contributed by atoms with Crippen LogP contribution in [0.15, 0.2) is 17.0 Å². The number of rotatable bonds is 4. The lowest BCUT2D eigenvalue weighted by molar-refractivity contribution is 0.102. The number of aromatic nitrogens is 1. The van der Waals surface area contributed by atoms with Gasteiger partial charge in [-0.25, -0.2) is 8.42 Å². The first-order valence-corrected chi connectivity index (χ1v) is 11.5. The molecule has 0 unspecified atom stereocenters. The van der Waals surface area contributed by atoms with Crippen molar-refractivity contribution >= 4 is 21.6 Å². The van der Waals surface area contributed by atoms with E-state index in [1.54, 1.807) is 18.2 Å². The number of carbonyl (C=O) groups excluding carboxylic acids is 1. The van der Waals surface area contributed by atoms with Crippen LogP contribution in [-0.4, -0.2) is 36.7 Å². The highest BCUT2D eigenvalue weighted by Gasteiger charge is 2.33. The van der Waals surface area contributed by atoms with Crippen molar-refractivity contribution in [3.63, 3.8) is 0 Å². The monoisotopic (exact) mass is 417 g/mol. The maximum Gasteiger partial charge on any atom is 0.272 e. The molecule has 29 heavy (non-hydrogen) atoms. The number of amides is 1. The van der Waals surface area contributed by atoms with Crippen LogP contribution in [0.5, 0.6) is 0 Å². The Balaban J connectivity index is 1.92. The quantitative estimate of drug-likeness (QED) is 0.781. The number of hydrogen-bond acceptors (Lipinski definition) is 3. The van der Waals surface area contributed by atoms with Gasteiger partial charge in [-0.2, -0.15) is 4.31 Å². The number of aromatic amines is 1. The number of carbonyl (C=O) groups is 1. The van der Waals surface area contributed by atoms with Gasteiger partial charge >= 0.3 is 0 Å². The number of H-pyrrole nitrogens is 1. The van der Waals surface area contributed by atoms with E-state index in [1.807, 2.05) is 32.9 Å². The molecule has 158 valence electrons. The van der Waals surface area contributed by atoms with Gasteiger partial charge in [-0.05, 0) is 70.1 Å². The van der Waals surface area contributed by atoms with Crippen LogP contribution in [0.3, 0.4) is 0 Å². The standard InChI is InChI=1S/C22H31N3O3S/c1-13-7-9-25(10-8-13)29(27,28)21-17(5)20(23-18(21)6)22(26)24-19-15(3)11-14(2)12-16(19)4/h11-13,23H,7-10H2,1-6H3,(H,24,26). The molecule has 1 aromatic carbocycles. The minimum atomic E-state index is -3.63. The van der Waals surface area contributed by atoms with Gasteiger partial charge in [-0.15, -0.1) is 0 Å². The molecule has 0 spiro atoms. The number of anilines is 1. The van der Waals surface area contributed by atoms with E-state index in [-0.39, 0.29) is 10.8 Å². The van der Waals surface area contributed by atoms with E-state index in [1.165, 1.54) is 0 Å². The highest BCUT2D eigenvalue weighted by Crippen LogP contribution is 2.30. The molecule has 1 aliphatic heterocycles. The van der Waals surface area contributed by atoms with Gasteiger partial charge in [-0.3, -0.25) is 4.79 Å². The molecule has 1 amide bonds. The molecule has 1 fully saturated rings. The summed E-state index contributed by atoms with van der Waals surface area (Å²) in [5.74, 6) is 0.214. The van der Waals surface area contributed by atoms with Crippen molar-refractivity contribution in [2.45, 2.75) is 59.3 Å². The number of nitrogens with one attached hydrogen (secondary N) is 2. The van der Waals surface area contributed by atoms with Crippen molar-refractivity contribution in [3.05, 3.63) is 45.8 Å². The summed E-state index contributed by atoms with van der Waals surface area (Å²) in [4.78, 5) is 16.2. The average molecular weight is 418 g/mol. The minimum absolute atomic E-state index is 0.231. The Morgan fingerprint density at radius 3 is 2.17 bits per heavy atom. The largest absolute Gasteiger partial charge is 0.353 e. The number of sulfonamides is 1. The van der Waals surface area contributed by atoms with Crippen LogP contribution in [0.2, 0.25) is 0 Å². The Bertz CT molecular complexity index is 1020. The Hall–Kier alpha value is -2.12. The Morgan fingerprint density at radius 1 is 1.07 bits per heavy atom. The Kier molecular flexibility index (Phi) is 5.92. The van der Waals surface area contributed by atoms with E-state index < -0.39 is 10.0 Å². The van der Waals surface area contributed by atoms with Crippen molar-refractivity contribution in [1.82, 2.24) is 9.29 Å². The lowest BCUT2D eigenvalue weighted by Gasteiger charge is -2.29. The van der Waals surface area contributed by atoms with Gasteiger partial charge in [0.05, 0.1) is 0 Å². The van der Waals surface area contributed by atoms with Gasteiger partial charge in [-0.1, -0.05) is 24.6 Å². The number of benzene rings is 1. The van der Waals surface area contributed by atoms with Crippen LogP contribution in [0.1, 0.15) is 58.2 Å². The summed E-state index contributed by atoms with van der Waals surface area (Å²) in [6.07, 6.45) is 1.72. The third-order valence-corrected chi connectivity index (χ3v) is 8.03. The molecular weight excluding hydrogens is 386 g/mol. The van der Waals surface area contributed by atoms with Gasteiger partial charge in [0, 0.05) is 24.5 Å². The van der Waals surface area contributed by atoms with Gasteiger partial charge in [0.1, 0.15) is 10.6 Å². The molecule has 1 aliphatic rings. The molecule has 0 aliphatic carbocycles. The summed E-state index contributed by atoms with van der Waals surface area (Å²) in [6.45, 7) is 12.5. The van der Waals surface area contributed by atoms with Crippen LogP contribution < -0.4 is 5.32 Å². The summed E-state index contributed by atoms with van der Waals surface area (Å²) in [5, 5.41) is 2.96. The van der Waals surface area contributed by atoms with Gasteiger partial charge in [0.2, 0.25) is 10.0 Å². The SMILES string of the molecule is Cc1cc(C)c(NC(=O)c2[nH]c(C)c(S(=O)(=O)N3CCC(C)CC3)c2C)c(C)c1. The highest BCUT2D eigenvalue weighted by molar-refractivity contribution is 7.89. The van der Waals surface area contributed by atoms with Gasteiger partial charge in [0.25, 0.3) is 5.91 Å². The fourth-order valence-electron chi connectivity index (χ4n) is 4.25. The summed E-state index contributed by atoms with van der Waals surface area (Å²) in [6, 6.07) is 4.03. The van der Waals surface area contributed by atoms with E-state index in [0.717, 1.165) is 35.2 Å². The maximum absolute atomic E-state index is 13.2. The second kappa shape index (κ2) is 7.95. The lowest BCUT2D eigenvalue weighted by Crippen LogP contribution is -2.38. The lowest BCUT2D eigenvalue weighted by atomic mass is 10.0. The highest BCUT2D eigenvalue weighted by atomic mass is 32.2. The smallest absolute Gasteiger partial charge is 0.272 e. The average Bonchev–Trinajstić information content (AvgIpc) is 2.93. The molecule has 0 bridgehead atoms. The Morgan fingerprint density at radius 2 is 1.62 bits per heavy atom. The summed E-state index contributed by atoms with van der Waals surface area (Å²) in [5.41, 5.74) is 5.13. The van der Waals surface area contributed by atoms with Crippen molar-refractivity contribution in [2.75, 3.05) is 18.4 Å². The van der Waals surface area contributed by atoms with Gasteiger partial charge < -0.3 is 10.3 Å². The van der Waals surface area contributed by atoms with Crippen molar-refractivity contribution in [3.8, 4) is 0 Å². The van der Waals surface area contributed by atoms with Crippen molar-refractivity contribution in [1.29, 1.82) is 0 Å². The predicted molar refractivity (Wildman–Crippen MR) is 116 cm³/mol. The molecule has 7 heteroatoms. The van der Waals surface area contributed by atoms with E-state index in [4.69, 9.17) is 0 Å². The third kappa shape index (κ3) is 4.12. The molecule has 1 aromatic heterocycles. The molecule has 3 rings (SSSR count). The number of hydrogen-bond donors (Lipinski definition) is 2. The van der Waals surface area contributed by atoms with Gasteiger partial charge in [0.15, 0.2) is 0 Å². The van der Waals surface area contributed by atoms with Crippen LogP contribution in [0.25, 0.3) is 0 Å². The van der Waals surface area contributed by atoms with E-state index in [2.05, 4.69) is 17.2 Å². The molecule has 6 nitrogen and oxygen atoms in total. The first kappa shape index (κ1) is 21.6. The second-order valence-corrected chi connectivity index (χ2v) is 10.3. The molecule has 2 aromatic rings. The summed E-state index contributed by atoms with van der Waals surface area (Å²) in [7, 11) is -3.63. The second-order valence-electron chi connectivity index (χ2n) is 8.39. The van der Waals surface area contributed by atoms with E-state index in [9.17, 15) is 13.2 Å². The third-order valence-electron chi connectivity index (χ3n) is 5.85. The normalized spacial score (nSPS) is 16.2. The summed E-state index contributed by atoms with van der Waals surface area (Å²) < 4.78 is 28.0. The number of piperidine rings is 1. The molecule has 2 N–H and O–H groups in total. The molecule has 0 radical (unpaired) electrons. The minimum Gasteiger partial charge on any atom is -0.353 e. The first-order chi connectivity index (χ1) is 13.5. The zero-order valence-corrected chi connectivity index (χ0v) is 19.0. The van der Waals surface area contributed by atoms with Crippen LogP contribution in [0.4, 0.5) is 5.69 Å². The summed E-state index contributed by atoms with van der Waals surface area (Å²) >= 11 is 0. The fourth-order valence-corrected chi connectivity index (χ4v) is 6.13. The fraction of sp³-hybridized carbons (Fsp3) is 0.500. The zero-order chi connectivity index (χ0) is 21.5. The van der Waals surface area contributed by atoms with Crippen molar-refractivity contribution < 1.29 is 13.2 Å². The van der Waals surface area contributed by atoms with E-state index in [0.29, 0.717) is 36.0 Å². The Labute approximate surface area is 173 Å². The molecule has 1 saturated heterocycles. The topological polar surface area (TPSA) is 82.3 Å². The van der Waals surface area contributed by atoms with Crippen LogP contribution >= 0.6 is 0 Å². The number of aryl methyl sites for hydroxylation is 4. The molecule has 2 heterocycles. The van der Waals surface area contributed by atoms with E-state index >= 15 is 0 Å². The van der Waals surface area contributed by atoms with Crippen LogP contribution in [-0.2, 0) is 10.0 Å². The van der Waals surface area contributed by atoms with Crippen molar-refractivity contribution in [2.24, 2.45) is 5.92 Å². The molecule has 0 saturated carbocycles. The maximum atomic E-state index is 13.2. The number of nitrogens with zero attached hydrogens (tertiary/aromatic N) is 1. The predicted octanol–water partition coefficient (Wildman–Crippen LogP) is 4.23.